The molecule has 0 aromatic heterocycles. The Kier molecular flexibility index (Phi) is 6.28. The first-order chi connectivity index (χ1) is 10.6. The van der Waals surface area contributed by atoms with Crippen molar-refractivity contribution < 1.29 is 23.5 Å². The lowest BCUT2D eigenvalue weighted by molar-refractivity contribution is 0.183. The van der Waals surface area contributed by atoms with Crippen molar-refractivity contribution in [2.75, 3.05) is 6.61 Å². The van der Waals surface area contributed by atoms with E-state index >= 15 is 0 Å². The maximum absolute atomic E-state index is 11.9. The summed E-state index contributed by atoms with van der Waals surface area (Å²) >= 11 is 0. The molecule has 130 valence electrons. The second kappa shape index (κ2) is 7.48. The molecule has 0 spiro atoms. The van der Waals surface area contributed by atoms with E-state index in [2.05, 4.69) is 0 Å². The van der Waals surface area contributed by atoms with Gasteiger partial charge in [0.05, 0.1) is 6.61 Å². The fourth-order valence-corrected chi connectivity index (χ4v) is 6.54. The molecule has 0 amide bonds. The van der Waals surface area contributed by atoms with Crippen LogP contribution in [0.15, 0.2) is 23.1 Å². The minimum atomic E-state index is -4.34. The van der Waals surface area contributed by atoms with Gasteiger partial charge >= 0.3 is 7.60 Å². The number of benzene rings is 1. The van der Waals surface area contributed by atoms with Gasteiger partial charge in [-0.25, -0.2) is 0 Å². The summed E-state index contributed by atoms with van der Waals surface area (Å²) in [6.45, 7) is 6.30. The second-order valence-corrected chi connectivity index (χ2v) is 13.9. The second-order valence-electron chi connectivity index (χ2n) is 6.59. The molecule has 1 heterocycles. The van der Waals surface area contributed by atoms with E-state index in [-0.39, 0.29) is 12.3 Å². The average Bonchev–Trinajstić information content (AvgIpc) is 2.43. The third-order valence-corrected chi connectivity index (χ3v) is 6.87. The molecule has 0 saturated heterocycles. The van der Waals surface area contributed by atoms with E-state index in [1.165, 1.54) is 0 Å². The molecule has 9 heteroatoms. The van der Waals surface area contributed by atoms with E-state index in [1.807, 2.05) is 37.8 Å². The average molecular weight is 397 g/mol. The first-order valence-electron chi connectivity index (χ1n) is 7.39. The summed E-state index contributed by atoms with van der Waals surface area (Å²) < 4.78 is 23.3. The van der Waals surface area contributed by atoms with Crippen LogP contribution in [0.4, 0.5) is 0 Å². The van der Waals surface area contributed by atoms with E-state index in [4.69, 9.17) is 19.8 Å². The number of fused-ring (bicyclic) bond motifs is 1. The molecule has 2 atom stereocenters. The molecule has 2 unspecified atom stereocenters. The molecule has 5 nitrogen and oxygen atoms in total. The predicted molar refractivity (Wildman–Crippen MR) is 95.9 cm³/mol. The third-order valence-electron chi connectivity index (χ3n) is 3.59. The normalized spacial score (nSPS) is 19.8. The molecule has 1 aromatic rings. The molecule has 0 saturated carbocycles. The van der Waals surface area contributed by atoms with Gasteiger partial charge < -0.3 is 18.9 Å². The van der Waals surface area contributed by atoms with Crippen molar-refractivity contribution in [2.45, 2.75) is 49.1 Å². The number of rotatable bonds is 6. The van der Waals surface area contributed by atoms with Crippen molar-refractivity contribution in [3.05, 3.63) is 23.8 Å². The Morgan fingerprint density at radius 1 is 1.48 bits per heavy atom. The molecule has 0 aliphatic carbocycles. The van der Waals surface area contributed by atoms with Crippen LogP contribution in [-0.4, -0.2) is 30.6 Å². The van der Waals surface area contributed by atoms with E-state index < -0.39 is 21.8 Å². The van der Waals surface area contributed by atoms with Crippen molar-refractivity contribution in [1.29, 1.82) is 0 Å². The number of halogens is 1. The molecule has 0 radical (unpaired) electrons. The van der Waals surface area contributed by atoms with Gasteiger partial charge in [-0.2, -0.15) is 0 Å². The molecule has 1 aliphatic rings. The van der Waals surface area contributed by atoms with Gasteiger partial charge in [0.1, 0.15) is 11.6 Å². The smallest absolute Gasteiger partial charge is 0.352 e. The Balaban J connectivity index is 2.31. The predicted octanol–water partition coefficient (Wildman–Crippen LogP) is 4.54. The Morgan fingerprint density at radius 2 is 2.17 bits per heavy atom. The van der Waals surface area contributed by atoms with Gasteiger partial charge in [-0.15, -0.1) is 0 Å². The Hall–Kier alpha value is -0.0131. The molecular weight excluding hydrogens is 375 g/mol. The topological polar surface area (TPSA) is 76.0 Å². The highest BCUT2D eigenvalue weighted by atomic mass is 35.7. The van der Waals surface area contributed by atoms with Gasteiger partial charge in [0.25, 0.3) is 0 Å². The Bertz CT molecular complexity index is 589. The van der Waals surface area contributed by atoms with Gasteiger partial charge in [0, 0.05) is 10.5 Å². The standard InChI is InChI=1S/C14H22ClO5PSSi/c1-23(2,3)20-13(21(16,17)18)9-10-7-8-19-11-5-4-6-12(22-15)14(10)11/h4-6,10,13H,7-9H2,1-3H3,(H2,16,17,18). The van der Waals surface area contributed by atoms with Crippen molar-refractivity contribution in [3.63, 3.8) is 0 Å². The fourth-order valence-electron chi connectivity index (χ4n) is 2.72. The minimum Gasteiger partial charge on any atom is -0.493 e. The lowest BCUT2D eigenvalue weighted by Crippen LogP contribution is -2.33. The summed E-state index contributed by atoms with van der Waals surface area (Å²) in [4.78, 5) is 20.3. The maximum Gasteiger partial charge on any atom is 0.352 e. The lowest BCUT2D eigenvalue weighted by Gasteiger charge is -2.33. The quantitative estimate of drug-likeness (QED) is 0.543. The number of hydrogen-bond acceptors (Lipinski definition) is 4. The zero-order valence-electron chi connectivity index (χ0n) is 13.4. The van der Waals surface area contributed by atoms with Crippen LogP contribution in [-0.2, 0) is 8.99 Å². The largest absolute Gasteiger partial charge is 0.493 e. The zero-order chi connectivity index (χ0) is 17.3. The minimum absolute atomic E-state index is 0.0461. The van der Waals surface area contributed by atoms with Crippen molar-refractivity contribution >= 4 is 37.6 Å². The molecule has 0 fully saturated rings. The molecule has 1 aliphatic heterocycles. The van der Waals surface area contributed by atoms with Gasteiger partial charge in [-0.1, -0.05) is 6.07 Å². The zero-order valence-corrected chi connectivity index (χ0v) is 16.8. The van der Waals surface area contributed by atoms with Gasteiger partial charge in [-0.3, -0.25) is 4.57 Å². The Morgan fingerprint density at radius 3 is 2.74 bits per heavy atom. The van der Waals surface area contributed by atoms with Gasteiger partial charge in [0.15, 0.2) is 8.32 Å². The van der Waals surface area contributed by atoms with Crippen molar-refractivity contribution in [1.82, 2.24) is 0 Å². The third kappa shape index (κ3) is 5.23. The van der Waals surface area contributed by atoms with E-state index in [0.717, 1.165) is 27.2 Å². The van der Waals surface area contributed by atoms with Crippen LogP contribution in [0.5, 0.6) is 5.75 Å². The maximum atomic E-state index is 11.9. The van der Waals surface area contributed by atoms with Crippen LogP contribution in [0.3, 0.4) is 0 Å². The van der Waals surface area contributed by atoms with Crippen LogP contribution in [0.25, 0.3) is 0 Å². The van der Waals surface area contributed by atoms with Crippen LogP contribution in [0.1, 0.15) is 24.3 Å². The summed E-state index contributed by atoms with van der Waals surface area (Å²) in [5.74, 6) is -0.391. The molecule has 0 bridgehead atoms. The SMILES string of the molecule is C[Si](C)(C)OC(CC1CCOc2cccc(SCl)c21)P(=O)(O)O. The first kappa shape index (κ1) is 19.3. The number of ether oxygens (including phenoxy) is 1. The highest BCUT2D eigenvalue weighted by Crippen LogP contribution is 2.51. The van der Waals surface area contributed by atoms with Crippen LogP contribution in [0.2, 0.25) is 19.6 Å². The first-order valence-corrected chi connectivity index (χ1v) is 14.1. The summed E-state index contributed by atoms with van der Waals surface area (Å²) in [5, 5.41) is 0. The van der Waals surface area contributed by atoms with E-state index in [1.54, 1.807) is 0 Å². The van der Waals surface area contributed by atoms with Crippen molar-refractivity contribution in [2.24, 2.45) is 0 Å². The fraction of sp³-hybridized carbons (Fsp3) is 0.571. The van der Waals surface area contributed by atoms with E-state index in [9.17, 15) is 14.4 Å². The molecular formula is C14H22ClO5PSSi. The molecule has 23 heavy (non-hydrogen) atoms. The molecule has 1 aromatic carbocycles. The van der Waals surface area contributed by atoms with Crippen LogP contribution >= 0.6 is 29.3 Å². The Labute approximate surface area is 146 Å². The van der Waals surface area contributed by atoms with E-state index in [0.29, 0.717) is 13.0 Å². The molecule has 2 N–H and O–H groups in total. The van der Waals surface area contributed by atoms with Crippen LogP contribution < -0.4 is 4.74 Å². The summed E-state index contributed by atoms with van der Waals surface area (Å²) in [7, 11) is 0.621. The summed E-state index contributed by atoms with van der Waals surface area (Å²) in [5.41, 5.74) is 0.927. The van der Waals surface area contributed by atoms with Crippen molar-refractivity contribution in [3.8, 4) is 5.75 Å². The highest BCUT2D eigenvalue weighted by molar-refractivity contribution is 8.21. The highest BCUT2D eigenvalue weighted by Gasteiger charge is 2.38. The van der Waals surface area contributed by atoms with Gasteiger partial charge in [-0.05, 0) is 72.2 Å². The summed E-state index contributed by atoms with van der Waals surface area (Å²) in [6.07, 6.45) is 0.951. The lowest BCUT2D eigenvalue weighted by atomic mass is 9.90. The van der Waals surface area contributed by atoms with Gasteiger partial charge in [0.2, 0.25) is 0 Å². The molecule has 2 rings (SSSR count). The number of hydrogen-bond donors (Lipinski definition) is 2. The summed E-state index contributed by atoms with van der Waals surface area (Å²) in [6, 6.07) is 5.62. The van der Waals surface area contributed by atoms with Crippen LogP contribution in [0, 0.1) is 0 Å². The monoisotopic (exact) mass is 396 g/mol.